The second-order valence-electron chi connectivity index (χ2n) is 7.02. The molecule has 8 nitrogen and oxygen atoms in total. The number of carbonyl (C=O) groups is 1. The van der Waals surface area contributed by atoms with Crippen molar-refractivity contribution in [3.8, 4) is 28.7 Å². The minimum absolute atomic E-state index is 0.386. The van der Waals surface area contributed by atoms with Crippen molar-refractivity contribution in [2.75, 3.05) is 35.0 Å². The van der Waals surface area contributed by atoms with Gasteiger partial charge in [0, 0.05) is 11.1 Å². The van der Waals surface area contributed by atoms with Gasteiger partial charge in [0.15, 0.2) is 23.0 Å². The Morgan fingerprint density at radius 3 is 2.23 bits per heavy atom. The Bertz CT molecular complexity index is 911. The molecule has 1 amide bonds. The molecule has 0 saturated carbocycles. The molecule has 0 atom stereocenters. The SMILES string of the molecule is COc1cc(C(=O)N/N=C/c2ccc(OC)c(OC)c2OC)ccc1OCCC(C)C. The second-order valence-corrected chi connectivity index (χ2v) is 7.02. The van der Waals surface area contributed by atoms with Gasteiger partial charge in [-0.3, -0.25) is 4.79 Å². The summed E-state index contributed by atoms with van der Waals surface area (Å²) in [4.78, 5) is 12.5. The number of ether oxygens (including phenoxy) is 5. The highest BCUT2D eigenvalue weighted by atomic mass is 16.5. The summed E-state index contributed by atoms with van der Waals surface area (Å²) in [7, 11) is 6.12. The van der Waals surface area contributed by atoms with E-state index in [-0.39, 0.29) is 5.91 Å². The number of carbonyl (C=O) groups excluding carboxylic acids is 1. The minimum Gasteiger partial charge on any atom is -0.493 e. The van der Waals surface area contributed by atoms with Crippen molar-refractivity contribution in [3.05, 3.63) is 41.5 Å². The number of methoxy groups -OCH3 is 4. The summed E-state index contributed by atoms with van der Waals surface area (Å²) in [6.07, 6.45) is 2.40. The van der Waals surface area contributed by atoms with Crippen LogP contribution < -0.4 is 29.1 Å². The van der Waals surface area contributed by atoms with Crippen molar-refractivity contribution in [3.63, 3.8) is 0 Å². The standard InChI is InChI=1S/C23H30N2O6/c1-15(2)11-12-31-18-9-7-16(13-20(18)28-4)23(26)25-24-14-17-8-10-19(27-3)22(30-6)21(17)29-5/h7-10,13-15H,11-12H2,1-6H3,(H,25,26)/b24-14+. The van der Waals surface area contributed by atoms with E-state index in [1.54, 1.807) is 37.4 Å². The number of hydrazone groups is 1. The van der Waals surface area contributed by atoms with Crippen LogP contribution in [-0.4, -0.2) is 47.2 Å². The van der Waals surface area contributed by atoms with Crippen molar-refractivity contribution in [1.82, 2.24) is 5.43 Å². The summed E-state index contributed by atoms with van der Waals surface area (Å²) < 4.78 is 27.1. The Balaban J connectivity index is 2.11. The third kappa shape index (κ3) is 6.28. The lowest BCUT2D eigenvalue weighted by atomic mass is 10.1. The Labute approximate surface area is 183 Å². The van der Waals surface area contributed by atoms with Gasteiger partial charge in [-0.25, -0.2) is 5.43 Å². The first-order valence-electron chi connectivity index (χ1n) is 9.88. The van der Waals surface area contributed by atoms with Gasteiger partial charge in [0.2, 0.25) is 5.75 Å². The largest absolute Gasteiger partial charge is 0.493 e. The molecule has 0 radical (unpaired) electrons. The van der Waals surface area contributed by atoms with Gasteiger partial charge in [0.05, 0.1) is 41.3 Å². The van der Waals surface area contributed by atoms with Crippen molar-refractivity contribution >= 4 is 12.1 Å². The first-order valence-corrected chi connectivity index (χ1v) is 9.88. The number of rotatable bonds is 11. The number of hydrogen-bond acceptors (Lipinski definition) is 7. The van der Waals surface area contributed by atoms with Crippen LogP contribution in [-0.2, 0) is 0 Å². The van der Waals surface area contributed by atoms with Crippen LogP contribution in [0, 0.1) is 5.92 Å². The zero-order chi connectivity index (χ0) is 22.8. The fraction of sp³-hybridized carbons (Fsp3) is 0.391. The first-order chi connectivity index (χ1) is 14.9. The highest BCUT2D eigenvalue weighted by Gasteiger charge is 2.15. The van der Waals surface area contributed by atoms with E-state index in [1.807, 2.05) is 0 Å². The molecule has 0 bridgehead atoms. The molecule has 0 heterocycles. The highest BCUT2D eigenvalue weighted by Crippen LogP contribution is 2.39. The van der Waals surface area contributed by atoms with Crippen LogP contribution in [0.25, 0.3) is 0 Å². The van der Waals surface area contributed by atoms with Crippen LogP contribution in [0.2, 0.25) is 0 Å². The zero-order valence-corrected chi connectivity index (χ0v) is 18.9. The number of benzene rings is 2. The predicted octanol–water partition coefficient (Wildman–Crippen LogP) is 3.91. The molecule has 31 heavy (non-hydrogen) atoms. The quantitative estimate of drug-likeness (QED) is 0.430. The van der Waals surface area contributed by atoms with Gasteiger partial charge in [0.25, 0.3) is 5.91 Å². The van der Waals surface area contributed by atoms with Crippen LogP contribution in [0.3, 0.4) is 0 Å². The van der Waals surface area contributed by atoms with Crippen LogP contribution in [0.15, 0.2) is 35.4 Å². The summed E-state index contributed by atoms with van der Waals surface area (Å²) in [6.45, 7) is 4.84. The lowest BCUT2D eigenvalue weighted by Gasteiger charge is -2.13. The molecule has 0 spiro atoms. The van der Waals surface area contributed by atoms with Crippen molar-refractivity contribution in [2.24, 2.45) is 11.0 Å². The van der Waals surface area contributed by atoms with E-state index in [1.165, 1.54) is 27.5 Å². The fourth-order valence-corrected chi connectivity index (χ4v) is 2.78. The van der Waals surface area contributed by atoms with E-state index in [9.17, 15) is 4.79 Å². The van der Waals surface area contributed by atoms with Crippen molar-refractivity contribution in [1.29, 1.82) is 0 Å². The van der Waals surface area contributed by atoms with Gasteiger partial charge in [-0.2, -0.15) is 5.10 Å². The van der Waals surface area contributed by atoms with Gasteiger partial charge in [-0.15, -0.1) is 0 Å². The summed E-state index contributed by atoms with van der Waals surface area (Å²) in [5.74, 6) is 2.66. The molecule has 2 rings (SSSR count). The summed E-state index contributed by atoms with van der Waals surface area (Å²) in [5.41, 5.74) is 3.51. The molecule has 2 aromatic carbocycles. The molecule has 1 N–H and O–H groups in total. The van der Waals surface area contributed by atoms with Crippen LogP contribution in [0.4, 0.5) is 0 Å². The van der Waals surface area contributed by atoms with E-state index in [2.05, 4.69) is 24.4 Å². The molecule has 8 heteroatoms. The molecule has 0 fully saturated rings. The average molecular weight is 431 g/mol. The van der Waals surface area contributed by atoms with Crippen LogP contribution in [0.1, 0.15) is 36.2 Å². The predicted molar refractivity (Wildman–Crippen MR) is 119 cm³/mol. The molecule has 0 aromatic heterocycles. The summed E-state index contributed by atoms with van der Waals surface area (Å²) in [6, 6.07) is 8.48. The molecule has 0 saturated heterocycles. The maximum atomic E-state index is 12.5. The molecule has 168 valence electrons. The number of nitrogens with zero attached hydrogens (tertiary/aromatic N) is 1. The summed E-state index contributed by atoms with van der Waals surface area (Å²) in [5, 5.41) is 4.03. The van der Waals surface area contributed by atoms with Gasteiger partial charge in [-0.1, -0.05) is 13.8 Å². The maximum absolute atomic E-state index is 12.5. The van der Waals surface area contributed by atoms with Gasteiger partial charge in [0.1, 0.15) is 0 Å². The van der Waals surface area contributed by atoms with Gasteiger partial charge in [-0.05, 0) is 42.7 Å². The zero-order valence-electron chi connectivity index (χ0n) is 18.9. The molecule has 0 aliphatic carbocycles. The lowest BCUT2D eigenvalue weighted by molar-refractivity contribution is 0.0954. The highest BCUT2D eigenvalue weighted by molar-refractivity contribution is 5.96. The van der Waals surface area contributed by atoms with Crippen LogP contribution >= 0.6 is 0 Å². The van der Waals surface area contributed by atoms with Crippen LogP contribution in [0.5, 0.6) is 28.7 Å². The topological polar surface area (TPSA) is 87.6 Å². The van der Waals surface area contributed by atoms with E-state index in [0.717, 1.165) is 6.42 Å². The Morgan fingerprint density at radius 2 is 1.61 bits per heavy atom. The molecule has 2 aromatic rings. The number of amides is 1. The van der Waals surface area contributed by atoms with E-state index in [4.69, 9.17) is 23.7 Å². The number of nitrogens with one attached hydrogen (secondary N) is 1. The molecule has 0 aliphatic rings. The first kappa shape index (κ1) is 23.9. The van der Waals surface area contributed by atoms with E-state index in [0.29, 0.717) is 52.4 Å². The normalized spacial score (nSPS) is 10.8. The van der Waals surface area contributed by atoms with Gasteiger partial charge < -0.3 is 23.7 Å². The van der Waals surface area contributed by atoms with E-state index >= 15 is 0 Å². The third-order valence-electron chi connectivity index (χ3n) is 4.48. The minimum atomic E-state index is -0.386. The molecule has 0 unspecified atom stereocenters. The second kappa shape index (κ2) is 11.7. The van der Waals surface area contributed by atoms with Gasteiger partial charge >= 0.3 is 0 Å². The third-order valence-corrected chi connectivity index (χ3v) is 4.48. The Hall–Kier alpha value is -3.42. The van der Waals surface area contributed by atoms with Crippen molar-refractivity contribution in [2.45, 2.75) is 20.3 Å². The van der Waals surface area contributed by atoms with Crippen molar-refractivity contribution < 1.29 is 28.5 Å². The average Bonchev–Trinajstić information content (AvgIpc) is 2.78. The Morgan fingerprint density at radius 1 is 0.935 bits per heavy atom. The molecular weight excluding hydrogens is 400 g/mol. The maximum Gasteiger partial charge on any atom is 0.271 e. The smallest absolute Gasteiger partial charge is 0.271 e. The molecule has 0 aliphatic heterocycles. The monoisotopic (exact) mass is 430 g/mol. The van der Waals surface area contributed by atoms with E-state index < -0.39 is 0 Å². The number of hydrogen-bond donors (Lipinski definition) is 1. The lowest BCUT2D eigenvalue weighted by Crippen LogP contribution is -2.17. The summed E-state index contributed by atoms with van der Waals surface area (Å²) >= 11 is 0. The fourth-order valence-electron chi connectivity index (χ4n) is 2.78. The Kier molecular flexibility index (Phi) is 8.99. The molecular formula is C23H30N2O6.